The Morgan fingerprint density at radius 2 is 1.75 bits per heavy atom. The molecule has 3 aliphatic rings. The van der Waals surface area contributed by atoms with Gasteiger partial charge in [-0.05, 0) is 74.2 Å². The predicted molar refractivity (Wildman–Crippen MR) is 144 cm³/mol. The Labute approximate surface area is 220 Å². The fourth-order valence-electron chi connectivity index (χ4n) is 4.29. The molecule has 3 aromatic rings. The summed E-state index contributed by atoms with van der Waals surface area (Å²) in [6.07, 6.45) is 4.25. The highest BCUT2D eigenvalue weighted by molar-refractivity contribution is 8.00. The van der Waals surface area contributed by atoms with Crippen LogP contribution in [0.1, 0.15) is 31.4 Å². The number of aromatic nitrogens is 2. The van der Waals surface area contributed by atoms with Crippen molar-refractivity contribution in [3.8, 4) is 11.4 Å². The third-order valence-electron chi connectivity index (χ3n) is 6.66. The Morgan fingerprint density at radius 3 is 2.42 bits per heavy atom. The first-order valence-corrected chi connectivity index (χ1v) is 13.6. The molecule has 186 valence electrons. The van der Waals surface area contributed by atoms with E-state index in [-0.39, 0.29) is 10.8 Å². The van der Waals surface area contributed by atoms with E-state index in [4.69, 9.17) is 26.3 Å². The zero-order chi connectivity index (χ0) is 24.5. The summed E-state index contributed by atoms with van der Waals surface area (Å²) >= 11 is 7.95. The first-order valence-electron chi connectivity index (χ1n) is 12.4. The van der Waals surface area contributed by atoms with Crippen LogP contribution in [0.4, 0.5) is 16.3 Å². The van der Waals surface area contributed by atoms with Crippen molar-refractivity contribution >= 4 is 40.9 Å². The number of hydrogen-bond donors (Lipinski definition) is 2. The summed E-state index contributed by atoms with van der Waals surface area (Å²) in [6.45, 7) is 3.02. The van der Waals surface area contributed by atoms with Crippen molar-refractivity contribution in [3.05, 3.63) is 65.3 Å². The maximum absolute atomic E-state index is 12.1. The largest absolute Gasteiger partial charge is 0.378 e. The molecule has 6 rings (SSSR count). The minimum atomic E-state index is -0.159. The predicted octanol–water partition coefficient (Wildman–Crippen LogP) is 5.70. The summed E-state index contributed by atoms with van der Waals surface area (Å²) in [5.41, 5.74) is 2.73. The van der Waals surface area contributed by atoms with Gasteiger partial charge >= 0.3 is 6.03 Å². The molecule has 2 N–H and O–H groups in total. The number of halogens is 1. The fraction of sp³-hybridized carbons (Fsp3) is 0.370. The number of hydrogen-bond acceptors (Lipinski definition) is 6. The maximum atomic E-state index is 12.1. The van der Waals surface area contributed by atoms with Gasteiger partial charge in [-0.3, -0.25) is 0 Å². The van der Waals surface area contributed by atoms with E-state index in [0.29, 0.717) is 25.1 Å². The molecule has 2 aliphatic carbocycles. The van der Waals surface area contributed by atoms with Gasteiger partial charge in [0.1, 0.15) is 5.82 Å². The van der Waals surface area contributed by atoms with Gasteiger partial charge in [0, 0.05) is 46.4 Å². The van der Waals surface area contributed by atoms with Crippen LogP contribution in [0.2, 0.25) is 5.02 Å². The van der Waals surface area contributed by atoms with Crippen LogP contribution in [0.25, 0.3) is 11.4 Å². The first-order chi connectivity index (χ1) is 17.6. The summed E-state index contributed by atoms with van der Waals surface area (Å²) in [5, 5.41) is 6.59. The van der Waals surface area contributed by atoms with Crippen molar-refractivity contribution in [2.75, 3.05) is 36.5 Å². The minimum Gasteiger partial charge on any atom is -0.378 e. The van der Waals surface area contributed by atoms with E-state index in [0.717, 1.165) is 66.6 Å². The van der Waals surface area contributed by atoms with Gasteiger partial charge in [-0.1, -0.05) is 11.6 Å². The van der Waals surface area contributed by atoms with Gasteiger partial charge < -0.3 is 20.3 Å². The molecular weight excluding hydrogens is 494 g/mol. The Bertz CT molecular complexity index is 1240. The lowest BCUT2D eigenvalue weighted by Crippen LogP contribution is -2.37. The lowest BCUT2D eigenvalue weighted by molar-refractivity contribution is 0.122. The molecule has 2 amide bonds. The summed E-state index contributed by atoms with van der Waals surface area (Å²) in [6, 6.07) is 18.1. The number of nitrogens with zero attached hydrogens (tertiary/aromatic N) is 3. The Hall–Kier alpha value is -2.81. The third-order valence-corrected chi connectivity index (χ3v) is 8.43. The van der Waals surface area contributed by atoms with E-state index >= 15 is 0 Å². The van der Waals surface area contributed by atoms with Crippen molar-refractivity contribution in [1.82, 2.24) is 15.3 Å². The van der Waals surface area contributed by atoms with Crippen LogP contribution in [-0.2, 0) is 9.48 Å². The molecule has 0 spiro atoms. The molecule has 2 heterocycles. The van der Waals surface area contributed by atoms with E-state index in [2.05, 4.69) is 33.7 Å². The van der Waals surface area contributed by atoms with Gasteiger partial charge in [0.15, 0.2) is 5.82 Å². The van der Waals surface area contributed by atoms with Crippen LogP contribution >= 0.6 is 23.4 Å². The van der Waals surface area contributed by atoms with Crippen molar-refractivity contribution in [2.24, 2.45) is 0 Å². The number of ether oxygens (including phenoxy) is 1. The highest BCUT2D eigenvalue weighted by Gasteiger charge is 2.47. The van der Waals surface area contributed by atoms with Crippen LogP contribution in [0, 0.1) is 0 Å². The van der Waals surface area contributed by atoms with E-state index in [1.165, 1.54) is 4.90 Å². The van der Waals surface area contributed by atoms with Crippen LogP contribution in [0.3, 0.4) is 0 Å². The topological polar surface area (TPSA) is 79.4 Å². The number of benzene rings is 2. The Kier molecular flexibility index (Phi) is 6.50. The van der Waals surface area contributed by atoms with Crippen molar-refractivity contribution in [3.63, 3.8) is 0 Å². The Balaban J connectivity index is 1.29. The molecule has 0 radical (unpaired) electrons. The summed E-state index contributed by atoms with van der Waals surface area (Å²) < 4.78 is 5.51. The number of rotatable bonds is 7. The summed E-state index contributed by atoms with van der Waals surface area (Å²) in [7, 11) is 0. The number of anilines is 2. The van der Waals surface area contributed by atoms with Gasteiger partial charge in [0.25, 0.3) is 0 Å². The van der Waals surface area contributed by atoms with Gasteiger partial charge in [-0.25, -0.2) is 14.8 Å². The average Bonchev–Trinajstić information content (AvgIpc) is 3.84. The fourth-order valence-corrected chi connectivity index (χ4v) is 5.65. The second kappa shape index (κ2) is 9.92. The second-order valence-electron chi connectivity index (χ2n) is 9.53. The van der Waals surface area contributed by atoms with E-state index < -0.39 is 0 Å². The number of amides is 2. The molecule has 0 bridgehead atoms. The van der Waals surface area contributed by atoms with Crippen LogP contribution < -0.4 is 15.5 Å². The van der Waals surface area contributed by atoms with Crippen LogP contribution in [0.15, 0.2) is 59.5 Å². The molecule has 0 atom stereocenters. The molecule has 1 saturated heterocycles. The smallest absolute Gasteiger partial charge is 0.319 e. The SMILES string of the molecule is O=C(Nc1ccc(-c2nc(N3CCOCC3)cc(C3(Sc4ccc(Cl)cc4)CC3)n2)cc1)NC1CC1. The van der Waals surface area contributed by atoms with E-state index in [9.17, 15) is 4.79 Å². The quantitative estimate of drug-likeness (QED) is 0.415. The highest BCUT2D eigenvalue weighted by Crippen LogP contribution is 2.59. The molecule has 7 nitrogen and oxygen atoms in total. The summed E-state index contributed by atoms with van der Waals surface area (Å²) in [4.78, 5) is 25.6. The van der Waals surface area contributed by atoms with Gasteiger partial charge in [-0.15, -0.1) is 11.8 Å². The molecule has 2 saturated carbocycles. The van der Waals surface area contributed by atoms with Crippen molar-refractivity contribution in [1.29, 1.82) is 0 Å². The van der Waals surface area contributed by atoms with Gasteiger partial charge in [0.05, 0.1) is 23.7 Å². The van der Waals surface area contributed by atoms with E-state index in [1.54, 1.807) is 0 Å². The monoisotopic (exact) mass is 521 g/mol. The highest BCUT2D eigenvalue weighted by atomic mass is 35.5. The van der Waals surface area contributed by atoms with Gasteiger partial charge in [-0.2, -0.15) is 0 Å². The van der Waals surface area contributed by atoms with Crippen LogP contribution in [0.5, 0.6) is 0 Å². The lowest BCUT2D eigenvalue weighted by atomic mass is 10.1. The van der Waals surface area contributed by atoms with E-state index in [1.807, 2.05) is 48.2 Å². The average molecular weight is 522 g/mol. The molecule has 9 heteroatoms. The van der Waals surface area contributed by atoms with Crippen molar-refractivity contribution in [2.45, 2.75) is 41.4 Å². The van der Waals surface area contributed by atoms with Gasteiger partial charge in [0.2, 0.25) is 0 Å². The number of morpholine rings is 1. The Morgan fingerprint density at radius 1 is 1.03 bits per heavy atom. The first kappa shape index (κ1) is 23.6. The maximum Gasteiger partial charge on any atom is 0.319 e. The minimum absolute atomic E-state index is 0.0606. The molecule has 0 unspecified atom stereocenters. The molecule has 36 heavy (non-hydrogen) atoms. The lowest BCUT2D eigenvalue weighted by Gasteiger charge is -2.29. The standard InChI is InChI=1S/C27H28ClN5O2S/c28-19-3-9-22(10-4-19)36-27(11-12-27)23-17-24(33-13-15-35-16-14-33)32-25(31-23)18-1-5-20(6-2-18)29-26(34)30-21-7-8-21/h1-6,9-10,17,21H,7-8,11-16H2,(H2,29,30,34). The normalized spacial score (nSPS) is 18.5. The number of carbonyl (C=O) groups excluding carboxylic acids is 1. The zero-order valence-electron chi connectivity index (χ0n) is 19.9. The molecular formula is C27H28ClN5O2S. The second-order valence-corrected chi connectivity index (χ2v) is 11.4. The number of thioether (sulfide) groups is 1. The van der Waals surface area contributed by atoms with Crippen molar-refractivity contribution < 1.29 is 9.53 Å². The third kappa shape index (κ3) is 5.45. The number of carbonyl (C=O) groups is 1. The molecule has 1 aliphatic heterocycles. The zero-order valence-corrected chi connectivity index (χ0v) is 21.4. The number of nitrogens with one attached hydrogen (secondary N) is 2. The number of urea groups is 1. The molecule has 1 aromatic heterocycles. The molecule has 3 fully saturated rings. The molecule has 2 aromatic carbocycles. The van der Waals surface area contributed by atoms with Crippen LogP contribution in [-0.4, -0.2) is 48.3 Å². The summed E-state index contributed by atoms with van der Waals surface area (Å²) in [5.74, 6) is 1.64.